The number of rotatable bonds is 40. The van der Waals surface area contributed by atoms with Crippen LogP contribution in [0.15, 0.2) is 0 Å². The number of carbonyl (C=O) groups excluding carboxylic acids is 4. The van der Waals surface area contributed by atoms with Crippen molar-refractivity contribution < 1.29 is 151 Å². The molecular formula is C49H99N4Na2O17P. The van der Waals surface area contributed by atoms with Gasteiger partial charge in [-0.15, -0.1) is 0 Å². The number of aliphatic hydroxyl groups is 3. The van der Waals surface area contributed by atoms with E-state index in [1.807, 2.05) is 13.8 Å². The molecule has 0 aromatic rings. The van der Waals surface area contributed by atoms with Gasteiger partial charge in [0.1, 0.15) is 24.8 Å². The monoisotopic (exact) mass is 1090 g/mol. The molecule has 73 heavy (non-hydrogen) atoms. The molecule has 0 aliphatic heterocycles. The van der Waals surface area contributed by atoms with Gasteiger partial charge in [0.2, 0.25) is 11.8 Å². The summed E-state index contributed by atoms with van der Waals surface area (Å²) in [6.45, 7) is 8.08. The standard InChI is InChI=1S/2C12H25NO.2C11H21NO5.C3H9O5P.2Na/c2*1-2-3-4-5-6-7-8-9-10-11-12(13)14;2*1-4-6-12(2,3)11(5-7-13,10(16)17)8-9(14)15;4-2-1-3-8-9(5,6)7;;/h2*2-11H2,1H3,(H2,13,14);2*13H,4-8H2,1-3H3,(H-,14,15,16,17);4H,1-3H2,(H2,5,6,7);;/q;;;;;2*+1/p-2. The SMILES string of the molecule is CCCCCCCCCCCC(N)=O.CCCCCCCCCCCC(N)=O.CCC[N+](C)(C)C(CCO)(CC(=O)O)C(=O)[O-].CCC[N+](C)(C)C(CCO)(CC(=O)O)C(=O)[O-].O=P([O-])([O-])OCCCO.[Na+].[Na+]. The van der Waals surface area contributed by atoms with Crippen molar-refractivity contribution in [2.45, 2.75) is 212 Å². The Bertz CT molecular complexity index is 1360. The van der Waals surface area contributed by atoms with E-state index in [2.05, 4.69) is 18.4 Å². The summed E-state index contributed by atoms with van der Waals surface area (Å²) in [4.78, 5) is 84.7. The number of primary amides is 2. The Morgan fingerprint density at radius 3 is 0.959 bits per heavy atom. The van der Waals surface area contributed by atoms with Crippen LogP contribution in [0.5, 0.6) is 0 Å². The van der Waals surface area contributed by atoms with Crippen LogP contribution >= 0.6 is 7.82 Å². The van der Waals surface area contributed by atoms with Gasteiger partial charge in [-0.2, -0.15) is 0 Å². The van der Waals surface area contributed by atoms with Gasteiger partial charge in [-0.25, -0.2) is 0 Å². The summed E-state index contributed by atoms with van der Waals surface area (Å²) in [5.41, 5.74) is 6.93. The number of carboxylic acid groups (broad SMARTS) is 4. The van der Waals surface area contributed by atoms with E-state index in [1.54, 1.807) is 28.2 Å². The van der Waals surface area contributed by atoms with Crippen molar-refractivity contribution in [1.29, 1.82) is 0 Å². The molecule has 0 spiro atoms. The van der Waals surface area contributed by atoms with Crippen LogP contribution in [0.25, 0.3) is 0 Å². The third-order valence-electron chi connectivity index (χ3n) is 12.2. The minimum absolute atomic E-state index is 0. The number of hydrogen-bond acceptors (Lipinski definition) is 15. The number of hydrogen-bond donors (Lipinski definition) is 7. The number of unbranched alkanes of at least 4 members (excludes halogenated alkanes) is 16. The quantitative estimate of drug-likeness (QED) is 0.0136. The second kappa shape index (κ2) is 52.8. The fraction of sp³-hybridized carbons (Fsp3) is 0.878. The third-order valence-corrected chi connectivity index (χ3v) is 12.7. The Morgan fingerprint density at radius 2 is 0.767 bits per heavy atom. The van der Waals surface area contributed by atoms with E-state index >= 15 is 0 Å². The van der Waals surface area contributed by atoms with Crippen LogP contribution in [-0.4, -0.2) is 149 Å². The van der Waals surface area contributed by atoms with Crippen LogP contribution in [0.1, 0.15) is 201 Å². The molecule has 0 aliphatic carbocycles. The summed E-state index contributed by atoms with van der Waals surface area (Å²) >= 11 is 0. The summed E-state index contributed by atoms with van der Waals surface area (Å²) in [7, 11) is 1.80. The maximum atomic E-state index is 11.4. The van der Waals surface area contributed by atoms with Crippen LogP contribution in [0.3, 0.4) is 0 Å². The maximum absolute atomic E-state index is 11.4. The number of amides is 2. The fourth-order valence-corrected chi connectivity index (χ4v) is 8.28. The summed E-state index contributed by atoms with van der Waals surface area (Å²) in [6, 6.07) is 0. The topological polar surface area (TPSA) is 374 Å². The molecule has 24 heteroatoms. The van der Waals surface area contributed by atoms with Crippen molar-refractivity contribution >= 4 is 43.5 Å². The first-order valence-electron chi connectivity index (χ1n) is 25.7. The molecule has 0 saturated heterocycles. The summed E-state index contributed by atoms with van der Waals surface area (Å²) in [6.07, 6.45) is 24.4. The normalized spacial score (nSPS) is 12.6. The Balaban J connectivity index is -0.000000150. The van der Waals surface area contributed by atoms with Gasteiger partial charge in [0.05, 0.1) is 55.7 Å². The molecule has 0 saturated carbocycles. The molecule has 2 amide bonds. The van der Waals surface area contributed by atoms with Crippen LogP contribution in [0.4, 0.5) is 0 Å². The van der Waals surface area contributed by atoms with Gasteiger partial charge in [-0.3, -0.25) is 19.2 Å². The third kappa shape index (κ3) is 48.8. The molecule has 0 rings (SSSR count). The molecule has 0 radical (unpaired) electrons. The number of likely N-dealkylation sites (N-methyl/N-ethyl adjacent to an activating group) is 2. The van der Waals surface area contributed by atoms with Gasteiger partial charge in [-0.1, -0.05) is 130 Å². The molecule has 21 nitrogen and oxygen atoms in total. The van der Waals surface area contributed by atoms with Gasteiger partial charge >= 0.3 is 71.1 Å². The number of phosphoric acid groups is 1. The second-order valence-electron chi connectivity index (χ2n) is 19.0. The van der Waals surface area contributed by atoms with E-state index in [-0.39, 0.29) is 126 Å². The van der Waals surface area contributed by atoms with E-state index < -0.39 is 55.6 Å². The van der Waals surface area contributed by atoms with E-state index in [4.69, 9.17) is 37.0 Å². The minimum atomic E-state index is -4.81. The van der Waals surface area contributed by atoms with Crippen molar-refractivity contribution in [1.82, 2.24) is 0 Å². The van der Waals surface area contributed by atoms with E-state index in [1.165, 1.54) is 89.9 Å². The van der Waals surface area contributed by atoms with E-state index in [0.29, 0.717) is 38.8 Å². The summed E-state index contributed by atoms with van der Waals surface area (Å²) in [5, 5.41) is 66.6. The zero-order valence-corrected chi connectivity index (χ0v) is 51.9. The predicted molar refractivity (Wildman–Crippen MR) is 265 cm³/mol. The van der Waals surface area contributed by atoms with Crippen molar-refractivity contribution in [2.24, 2.45) is 11.5 Å². The number of quaternary nitrogens is 2. The van der Waals surface area contributed by atoms with Crippen LogP contribution in [0, 0.1) is 0 Å². The molecule has 0 aromatic heterocycles. The molecule has 2 unspecified atom stereocenters. The first-order valence-corrected chi connectivity index (χ1v) is 27.1. The van der Waals surface area contributed by atoms with Gasteiger partial charge in [0, 0.05) is 45.5 Å². The average Bonchev–Trinajstić information content (AvgIpc) is 3.24. The minimum Gasteiger partial charge on any atom is -0.790 e. The Kier molecular flexibility index (Phi) is 61.9. The fourth-order valence-electron chi connectivity index (χ4n) is 7.93. The molecule has 0 fully saturated rings. The molecule has 9 N–H and O–H groups in total. The van der Waals surface area contributed by atoms with E-state index in [0.717, 1.165) is 25.7 Å². The molecule has 0 heterocycles. The number of carbonyl (C=O) groups is 6. The number of nitrogens with two attached hydrogens (primary N) is 2. The van der Waals surface area contributed by atoms with Crippen LogP contribution in [0.2, 0.25) is 0 Å². The number of aliphatic carboxylic acids is 4. The van der Waals surface area contributed by atoms with Crippen molar-refractivity contribution in [3.05, 3.63) is 0 Å². The first-order chi connectivity index (χ1) is 33.1. The van der Waals surface area contributed by atoms with Crippen molar-refractivity contribution in [3.8, 4) is 0 Å². The first kappa shape index (κ1) is 85.6. The van der Waals surface area contributed by atoms with Gasteiger partial charge in [0.25, 0.3) is 0 Å². The van der Waals surface area contributed by atoms with Gasteiger partial charge in [-0.05, 0) is 32.1 Å². The maximum Gasteiger partial charge on any atom is 1.00 e. The Labute approximate surface area is 483 Å². The van der Waals surface area contributed by atoms with Gasteiger partial charge < -0.3 is 84.6 Å². The predicted octanol–water partition coefficient (Wildman–Crippen LogP) is -3.36. The molecular weight excluding hydrogens is 994 g/mol. The van der Waals surface area contributed by atoms with Crippen molar-refractivity contribution in [3.63, 3.8) is 0 Å². The second-order valence-corrected chi connectivity index (χ2v) is 20.1. The summed E-state index contributed by atoms with van der Waals surface area (Å²) < 4.78 is 13.4. The van der Waals surface area contributed by atoms with Crippen LogP contribution < -0.4 is 90.6 Å². The molecule has 0 aliphatic rings. The molecule has 0 bridgehead atoms. The Morgan fingerprint density at radius 1 is 0.493 bits per heavy atom. The average molecular weight is 1090 g/mol. The van der Waals surface area contributed by atoms with Gasteiger partial charge in [0.15, 0.2) is 11.1 Å². The van der Waals surface area contributed by atoms with E-state index in [9.17, 15) is 53.3 Å². The zero-order valence-electron chi connectivity index (χ0n) is 47.0. The van der Waals surface area contributed by atoms with Crippen molar-refractivity contribution in [2.75, 3.05) is 67.7 Å². The number of phosphoric ester groups is 1. The van der Waals surface area contributed by atoms with Crippen LogP contribution in [-0.2, 0) is 37.9 Å². The number of carboxylic acids is 4. The largest absolute Gasteiger partial charge is 1.00 e. The number of nitrogens with zero attached hydrogens (tertiary/aromatic N) is 2. The summed E-state index contributed by atoms with van der Waals surface area (Å²) in [5.74, 6) is -5.57. The molecule has 2 atom stereocenters. The zero-order chi connectivity index (χ0) is 56.0. The number of aliphatic hydroxyl groups excluding tert-OH is 3. The molecule has 0 aromatic carbocycles. The smallest absolute Gasteiger partial charge is 0.790 e. The Hall–Kier alpha value is -1.27. The molecule has 424 valence electrons.